The van der Waals surface area contributed by atoms with Crippen molar-refractivity contribution in [3.05, 3.63) is 66.0 Å². The molecule has 1 atom stereocenters. The van der Waals surface area contributed by atoms with Crippen LogP contribution in [0.4, 0.5) is 10.1 Å². The van der Waals surface area contributed by atoms with Crippen LogP contribution in [-0.4, -0.2) is 36.1 Å². The second-order valence-electron chi connectivity index (χ2n) is 5.18. The highest BCUT2D eigenvalue weighted by Crippen LogP contribution is 2.13. The molecule has 0 fully saturated rings. The topological polar surface area (TPSA) is 52.6 Å². The third kappa shape index (κ3) is 4.95. The summed E-state index contributed by atoms with van der Waals surface area (Å²) in [6.07, 6.45) is -0.659. The normalized spacial score (nSPS) is 12.2. The number of hydrogen-bond acceptors (Lipinski definition) is 3. The molecule has 0 heterocycles. The maximum Gasteiger partial charge on any atom is 0.238 e. The van der Waals surface area contributed by atoms with Crippen LogP contribution in [0, 0.1) is 5.82 Å². The number of likely N-dealkylation sites (N-methyl/N-ethyl adjacent to an activating group) is 1. The monoisotopic (exact) mass is 302 g/mol. The molecule has 0 radical (unpaired) electrons. The van der Waals surface area contributed by atoms with Gasteiger partial charge in [-0.15, -0.1) is 0 Å². The smallest absolute Gasteiger partial charge is 0.238 e. The number of hydrogen-bond donors (Lipinski definition) is 2. The third-order valence-corrected chi connectivity index (χ3v) is 3.19. The van der Waals surface area contributed by atoms with Crippen molar-refractivity contribution in [2.24, 2.45) is 0 Å². The predicted octanol–water partition coefficient (Wildman–Crippen LogP) is 2.43. The highest BCUT2D eigenvalue weighted by atomic mass is 19.1. The number of amides is 1. The second kappa shape index (κ2) is 7.68. The molecule has 0 saturated heterocycles. The lowest BCUT2D eigenvalue weighted by Crippen LogP contribution is -2.33. The maximum absolute atomic E-state index is 13.0. The number of nitrogens with zero attached hydrogens (tertiary/aromatic N) is 1. The Labute approximate surface area is 129 Å². The number of nitrogens with one attached hydrogen (secondary N) is 1. The molecule has 4 nitrogen and oxygen atoms in total. The largest absolute Gasteiger partial charge is 0.387 e. The van der Waals surface area contributed by atoms with Crippen LogP contribution in [0.25, 0.3) is 0 Å². The summed E-state index contributed by atoms with van der Waals surface area (Å²) in [4.78, 5) is 13.6. The van der Waals surface area contributed by atoms with Crippen molar-refractivity contribution in [3.8, 4) is 0 Å². The van der Waals surface area contributed by atoms with Gasteiger partial charge in [0, 0.05) is 12.2 Å². The van der Waals surface area contributed by atoms with Gasteiger partial charge in [-0.25, -0.2) is 4.39 Å². The minimum absolute atomic E-state index is 0.112. The van der Waals surface area contributed by atoms with Gasteiger partial charge in [0.2, 0.25) is 5.91 Å². The fourth-order valence-electron chi connectivity index (χ4n) is 2.15. The Balaban J connectivity index is 1.83. The van der Waals surface area contributed by atoms with Gasteiger partial charge in [0.1, 0.15) is 5.82 Å². The van der Waals surface area contributed by atoms with Crippen molar-refractivity contribution in [3.63, 3.8) is 0 Å². The summed E-state index contributed by atoms with van der Waals surface area (Å²) in [5, 5.41) is 12.7. The number of rotatable bonds is 6. The molecule has 2 rings (SSSR count). The molecule has 2 aromatic carbocycles. The van der Waals surface area contributed by atoms with Gasteiger partial charge < -0.3 is 10.4 Å². The molecule has 0 aliphatic heterocycles. The minimum Gasteiger partial charge on any atom is -0.387 e. The van der Waals surface area contributed by atoms with E-state index >= 15 is 0 Å². The molecular weight excluding hydrogens is 283 g/mol. The summed E-state index contributed by atoms with van der Waals surface area (Å²) in [6.45, 7) is 0.445. The molecule has 0 saturated carbocycles. The number of aliphatic hydroxyl groups excluding tert-OH is 1. The fourth-order valence-corrected chi connectivity index (χ4v) is 2.15. The van der Waals surface area contributed by atoms with Gasteiger partial charge in [-0.2, -0.15) is 0 Å². The van der Waals surface area contributed by atoms with E-state index in [9.17, 15) is 14.3 Å². The van der Waals surface area contributed by atoms with Gasteiger partial charge in [0.05, 0.1) is 12.6 Å². The van der Waals surface area contributed by atoms with Gasteiger partial charge in [-0.05, 0) is 30.8 Å². The molecule has 2 N–H and O–H groups in total. The number of halogens is 1. The van der Waals surface area contributed by atoms with Crippen LogP contribution in [0.2, 0.25) is 0 Å². The van der Waals surface area contributed by atoms with E-state index in [-0.39, 0.29) is 12.5 Å². The van der Waals surface area contributed by atoms with Crippen LogP contribution in [-0.2, 0) is 4.79 Å². The number of carbonyl (C=O) groups excluding carboxylic acids is 1. The first kappa shape index (κ1) is 16.1. The van der Waals surface area contributed by atoms with Crippen molar-refractivity contribution in [2.75, 3.05) is 25.5 Å². The zero-order valence-corrected chi connectivity index (χ0v) is 12.4. The Hall–Kier alpha value is -2.24. The zero-order valence-electron chi connectivity index (χ0n) is 12.4. The number of aliphatic hydroxyl groups is 1. The van der Waals surface area contributed by atoms with Gasteiger partial charge in [-0.3, -0.25) is 9.69 Å². The quantitative estimate of drug-likeness (QED) is 0.861. The van der Waals surface area contributed by atoms with Crippen LogP contribution >= 0.6 is 0 Å². The highest BCUT2D eigenvalue weighted by molar-refractivity contribution is 5.92. The summed E-state index contributed by atoms with van der Waals surface area (Å²) in [5.41, 5.74) is 1.22. The van der Waals surface area contributed by atoms with Crippen molar-refractivity contribution in [1.82, 2.24) is 4.90 Å². The van der Waals surface area contributed by atoms with Crippen LogP contribution in [0.15, 0.2) is 54.6 Å². The number of benzene rings is 2. The SMILES string of the molecule is CN(CC(=O)Nc1cccc(F)c1)C[C@@H](O)c1ccccc1. The maximum atomic E-state index is 13.0. The van der Waals surface area contributed by atoms with Crippen molar-refractivity contribution in [1.29, 1.82) is 0 Å². The molecule has 0 aliphatic rings. The van der Waals surface area contributed by atoms with Gasteiger partial charge in [-0.1, -0.05) is 36.4 Å². The Bertz CT molecular complexity index is 619. The molecular formula is C17H19FN2O2. The Morgan fingerprint density at radius 2 is 1.95 bits per heavy atom. The molecule has 22 heavy (non-hydrogen) atoms. The lowest BCUT2D eigenvalue weighted by Gasteiger charge is -2.20. The van der Waals surface area contributed by atoms with E-state index in [1.165, 1.54) is 18.2 Å². The van der Waals surface area contributed by atoms with E-state index < -0.39 is 11.9 Å². The fraction of sp³-hybridized carbons (Fsp3) is 0.235. The first-order valence-electron chi connectivity index (χ1n) is 7.01. The predicted molar refractivity (Wildman–Crippen MR) is 83.9 cm³/mol. The third-order valence-electron chi connectivity index (χ3n) is 3.19. The average Bonchev–Trinajstić information content (AvgIpc) is 2.47. The highest BCUT2D eigenvalue weighted by Gasteiger charge is 2.13. The molecule has 2 aromatic rings. The summed E-state index contributed by atoms with van der Waals surface area (Å²) < 4.78 is 13.0. The van der Waals surface area contributed by atoms with E-state index in [2.05, 4.69) is 5.32 Å². The minimum atomic E-state index is -0.659. The molecule has 0 aromatic heterocycles. The Kier molecular flexibility index (Phi) is 5.63. The summed E-state index contributed by atoms with van der Waals surface area (Å²) in [6, 6.07) is 15.0. The summed E-state index contributed by atoms with van der Waals surface area (Å²) >= 11 is 0. The van der Waals surface area contributed by atoms with Crippen LogP contribution < -0.4 is 5.32 Å². The van der Waals surface area contributed by atoms with Gasteiger partial charge >= 0.3 is 0 Å². The lowest BCUT2D eigenvalue weighted by atomic mass is 10.1. The van der Waals surface area contributed by atoms with Gasteiger partial charge in [0.25, 0.3) is 0 Å². The van der Waals surface area contributed by atoms with Gasteiger partial charge in [0.15, 0.2) is 0 Å². The van der Waals surface area contributed by atoms with E-state index in [1.54, 1.807) is 18.0 Å². The van der Waals surface area contributed by atoms with E-state index in [4.69, 9.17) is 0 Å². The van der Waals surface area contributed by atoms with Crippen LogP contribution in [0.5, 0.6) is 0 Å². The molecule has 5 heteroatoms. The first-order chi connectivity index (χ1) is 10.5. The first-order valence-corrected chi connectivity index (χ1v) is 7.01. The summed E-state index contributed by atoms with van der Waals surface area (Å²) in [7, 11) is 1.75. The number of carbonyl (C=O) groups is 1. The van der Waals surface area contributed by atoms with E-state index in [1.807, 2.05) is 30.3 Å². The molecule has 0 spiro atoms. The molecule has 1 amide bonds. The lowest BCUT2D eigenvalue weighted by molar-refractivity contribution is -0.117. The second-order valence-corrected chi connectivity index (χ2v) is 5.18. The van der Waals surface area contributed by atoms with Crippen LogP contribution in [0.1, 0.15) is 11.7 Å². The summed E-state index contributed by atoms with van der Waals surface area (Å²) in [5.74, 6) is -0.654. The van der Waals surface area contributed by atoms with Crippen molar-refractivity contribution < 1.29 is 14.3 Å². The number of anilines is 1. The Morgan fingerprint density at radius 1 is 1.23 bits per heavy atom. The molecule has 116 valence electrons. The zero-order chi connectivity index (χ0) is 15.9. The molecule has 0 bridgehead atoms. The van der Waals surface area contributed by atoms with Crippen molar-refractivity contribution >= 4 is 11.6 Å². The van der Waals surface area contributed by atoms with Crippen LogP contribution in [0.3, 0.4) is 0 Å². The average molecular weight is 302 g/mol. The van der Waals surface area contributed by atoms with E-state index in [0.29, 0.717) is 12.2 Å². The standard InChI is InChI=1S/C17H19FN2O2/c1-20(11-16(21)13-6-3-2-4-7-13)12-17(22)19-15-9-5-8-14(18)10-15/h2-10,16,21H,11-12H2,1H3,(H,19,22)/t16-/m1/s1. The Morgan fingerprint density at radius 3 is 2.64 bits per heavy atom. The molecule has 0 unspecified atom stereocenters. The molecule has 0 aliphatic carbocycles. The van der Waals surface area contributed by atoms with E-state index in [0.717, 1.165) is 5.56 Å². The van der Waals surface area contributed by atoms with Crippen molar-refractivity contribution in [2.45, 2.75) is 6.10 Å².